The van der Waals surface area contributed by atoms with E-state index in [1.807, 2.05) is 12.1 Å². The van der Waals surface area contributed by atoms with Gasteiger partial charge in [0.2, 0.25) is 0 Å². The van der Waals surface area contributed by atoms with E-state index in [9.17, 15) is 4.79 Å². The number of rotatable bonds is 1. The predicted molar refractivity (Wildman–Crippen MR) is 74.7 cm³/mol. The molecule has 0 unspecified atom stereocenters. The van der Waals surface area contributed by atoms with Gasteiger partial charge in [0.25, 0.3) is 0 Å². The first-order valence-corrected chi connectivity index (χ1v) is 6.08. The average Bonchev–Trinajstić information content (AvgIpc) is 2.35. The molecule has 0 fully saturated rings. The van der Waals surface area contributed by atoms with Crippen LogP contribution in [0.15, 0.2) is 36.4 Å². The number of carbonyl (C=O) groups excluding carboxylic acids is 1. The van der Waals surface area contributed by atoms with Gasteiger partial charge in [0.05, 0.1) is 11.0 Å². The van der Waals surface area contributed by atoms with Crippen LogP contribution in [-0.2, 0) is 0 Å². The Morgan fingerprint density at radius 1 is 0.889 bits per heavy atom. The monoisotopic (exact) mass is 275 g/mol. The number of benzene rings is 2. The number of pyridine rings is 1. The summed E-state index contributed by atoms with van der Waals surface area (Å²) in [6.45, 7) is 0. The van der Waals surface area contributed by atoms with E-state index in [0.717, 1.165) is 17.1 Å². The molecule has 0 bridgehead atoms. The number of fused-ring (bicyclic) bond motifs is 2. The molecule has 0 aliphatic carbocycles. The maximum atomic E-state index is 11.3. The molecule has 0 saturated carbocycles. The first-order chi connectivity index (χ1) is 8.69. The van der Waals surface area contributed by atoms with Gasteiger partial charge < -0.3 is 0 Å². The fraction of sp³-hybridized carbons (Fsp3) is 0. The smallest absolute Gasteiger partial charge is 0.151 e. The lowest BCUT2D eigenvalue weighted by molar-refractivity contribution is 0.112. The Morgan fingerprint density at radius 2 is 1.39 bits per heavy atom. The number of hydrogen-bond donors (Lipinski definition) is 0. The Morgan fingerprint density at radius 3 is 1.83 bits per heavy atom. The van der Waals surface area contributed by atoms with Gasteiger partial charge in [0.15, 0.2) is 6.29 Å². The fourth-order valence-corrected chi connectivity index (χ4v) is 2.38. The average molecular weight is 276 g/mol. The van der Waals surface area contributed by atoms with Crippen molar-refractivity contribution in [2.45, 2.75) is 0 Å². The molecule has 88 valence electrons. The van der Waals surface area contributed by atoms with Gasteiger partial charge in [-0.1, -0.05) is 35.3 Å². The molecule has 0 radical (unpaired) electrons. The molecule has 18 heavy (non-hydrogen) atoms. The second kappa shape index (κ2) is 4.23. The zero-order valence-electron chi connectivity index (χ0n) is 9.15. The van der Waals surface area contributed by atoms with E-state index in [2.05, 4.69) is 4.98 Å². The summed E-state index contributed by atoms with van der Waals surface area (Å²) in [5.41, 5.74) is 2.00. The van der Waals surface area contributed by atoms with Crippen LogP contribution in [0.4, 0.5) is 0 Å². The lowest BCUT2D eigenvalue weighted by Crippen LogP contribution is -1.91. The third-order valence-corrected chi connectivity index (χ3v) is 3.33. The number of halogens is 2. The Balaban J connectivity index is 2.55. The summed E-state index contributed by atoms with van der Waals surface area (Å²) in [7, 11) is 0. The summed E-state index contributed by atoms with van der Waals surface area (Å²) < 4.78 is 0. The minimum Gasteiger partial charge on any atom is -0.298 e. The van der Waals surface area contributed by atoms with Crippen LogP contribution in [0.25, 0.3) is 21.8 Å². The lowest BCUT2D eigenvalue weighted by atomic mass is 10.0. The molecule has 4 heteroatoms. The third kappa shape index (κ3) is 1.74. The fourth-order valence-electron chi connectivity index (χ4n) is 2.05. The Bertz CT molecular complexity index is 723. The van der Waals surface area contributed by atoms with Gasteiger partial charge in [0, 0.05) is 26.4 Å². The molecule has 1 aromatic heterocycles. The molecular weight excluding hydrogens is 269 g/mol. The van der Waals surface area contributed by atoms with Crippen LogP contribution >= 0.6 is 23.2 Å². The zero-order valence-corrected chi connectivity index (χ0v) is 10.7. The summed E-state index contributed by atoms with van der Waals surface area (Å²) in [4.78, 5) is 15.8. The van der Waals surface area contributed by atoms with Crippen LogP contribution < -0.4 is 0 Å². The van der Waals surface area contributed by atoms with Crippen molar-refractivity contribution in [3.05, 3.63) is 52.0 Å². The number of nitrogens with zero attached hydrogens (tertiary/aromatic N) is 1. The van der Waals surface area contributed by atoms with Gasteiger partial charge >= 0.3 is 0 Å². The lowest BCUT2D eigenvalue weighted by Gasteiger charge is -2.06. The molecule has 0 amide bonds. The summed E-state index contributed by atoms with van der Waals surface area (Å²) in [6.07, 6.45) is 0.841. The van der Waals surface area contributed by atoms with Crippen LogP contribution in [0.3, 0.4) is 0 Å². The summed E-state index contributed by atoms with van der Waals surface area (Å²) in [6, 6.07) is 10.6. The SMILES string of the molecule is O=Cc1c2ccc(Cl)cc2nc2cc(Cl)ccc12. The van der Waals surface area contributed by atoms with Crippen LogP contribution in [0.1, 0.15) is 10.4 Å². The number of aldehydes is 1. The van der Waals surface area contributed by atoms with Gasteiger partial charge in [0.1, 0.15) is 0 Å². The third-order valence-electron chi connectivity index (χ3n) is 2.86. The van der Waals surface area contributed by atoms with Crippen molar-refractivity contribution in [1.82, 2.24) is 4.98 Å². The van der Waals surface area contributed by atoms with E-state index in [4.69, 9.17) is 23.2 Å². The maximum Gasteiger partial charge on any atom is 0.151 e. The highest BCUT2D eigenvalue weighted by Crippen LogP contribution is 2.28. The van der Waals surface area contributed by atoms with Gasteiger partial charge in [-0.25, -0.2) is 4.98 Å². The van der Waals surface area contributed by atoms with Gasteiger partial charge in [-0.2, -0.15) is 0 Å². The molecule has 0 atom stereocenters. The Kier molecular flexibility index (Phi) is 2.69. The molecule has 2 nitrogen and oxygen atoms in total. The highest BCUT2D eigenvalue weighted by atomic mass is 35.5. The summed E-state index contributed by atoms with van der Waals surface area (Å²) in [5.74, 6) is 0. The van der Waals surface area contributed by atoms with Crippen molar-refractivity contribution in [3.8, 4) is 0 Å². The second-order valence-corrected chi connectivity index (χ2v) is 4.84. The summed E-state index contributed by atoms with van der Waals surface area (Å²) >= 11 is 11.9. The van der Waals surface area contributed by atoms with Crippen molar-refractivity contribution in [2.24, 2.45) is 0 Å². The normalized spacial score (nSPS) is 11.0. The van der Waals surface area contributed by atoms with Gasteiger partial charge in [-0.15, -0.1) is 0 Å². The van der Waals surface area contributed by atoms with Gasteiger partial charge in [-0.3, -0.25) is 4.79 Å². The quantitative estimate of drug-likeness (QED) is 0.483. The largest absolute Gasteiger partial charge is 0.298 e. The van der Waals surface area contributed by atoms with Crippen LogP contribution in [0.5, 0.6) is 0 Å². The van der Waals surface area contributed by atoms with Crippen LogP contribution in [0, 0.1) is 0 Å². The van der Waals surface area contributed by atoms with E-state index in [1.54, 1.807) is 24.3 Å². The van der Waals surface area contributed by atoms with Crippen molar-refractivity contribution in [2.75, 3.05) is 0 Å². The van der Waals surface area contributed by atoms with E-state index in [0.29, 0.717) is 26.6 Å². The van der Waals surface area contributed by atoms with E-state index < -0.39 is 0 Å². The van der Waals surface area contributed by atoms with Crippen molar-refractivity contribution < 1.29 is 4.79 Å². The zero-order chi connectivity index (χ0) is 12.7. The Hall–Kier alpha value is -1.64. The maximum absolute atomic E-state index is 11.3. The van der Waals surface area contributed by atoms with Crippen molar-refractivity contribution in [3.63, 3.8) is 0 Å². The topological polar surface area (TPSA) is 30.0 Å². The van der Waals surface area contributed by atoms with E-state index >= 15 is 0 Å². The molecule has 0 saturated heterocycles. The number of hydrogen-bond acceptors (Lipinski definition) is 2. The highest BCUT2D eigenvalue weighted by molar-refractivity contribution is 6.32. The first-order valence-electron chi connectivity index (χ1n) is 5.33. The van der Waals surface area contributed by atoms with Crippen LogP contribution in [-0.4, -0.2) is 11.3 Å². The summed E-state index contributed by atoms with van der Waals surface area (Å²) in [5, 5.41) is 2.77. The predicted octanol–water partition coefficient (Wildman–Crippen LogP) is 4.51. The molecule has 3 rings (SSSR count). The van der Waals surface area contributed by atoms with E-state index in [-0.39, 0.29) is 0 Å². The molecule has 0 aliphatic heterocycles. The number of carbonyl (C=O) groups is 1. The molecule has 0 spiro atoms. The first kappa shape index (κ1) is 11.5. The molecule has 2 aromatic carbocycles. The minimum absolute atomic E-state index is 0.591. The van der Waals surface area contributed by atoms with Gasteiger partial charge in [-0.05, 0) is 24.3 Å². The molecule has 1 heterocycles. The second-order valence-electron chi connectivity index (χ2n) is 3.97. The van der Waals surface area contributed by atoms with E-state index in [1.165, 1.54) is 0 Å². The molecule has 0 N–H and O–H groups in total. The Labute approximate surface area is 113 Å². The standard InChI is InChI=1S/C14H7Cl2NO/c15-8-1-3-10-12(7-18)11-4-2-9(16)6-14(11)17-13(10)5-8/h1-7H. The molecule has 0 aliphatic rings. The molecule has 3 aromatic rings. The highest BCUT2D eigenvalue weighted by Gasteiger charge is 2.09. The van der Waals surface area contributed by atoms with Crippen molar-refractivity contribution in [1.29, 1.82) is 0 Å². The minimum atomic E-state index is 0.591. The number of aromatic nitrogens is 1. The van der Waals surface area contributed by atoms with Crippen LogP contribution in [0.2, 0.25) is 10.0 Å². The molecular formula is C14H7Cl2NO. The van der Waals surface area contributed by atoms with Crippen molar-refractivity contribution >= 4 is 51.3 Å².